The fraction of sp³-hybridized carbons (Fsp3) is 0.316. The van der Waals surface area contributed by atoms with Crippen LogP contribution < -0.4 is 9.64 Å². The molecule has 24 heavy (non-hydrogen) atoms. The Morgan fingerprint density at radius 2 is 1.75 bits per heavy atom. The highest BCUT2D eigenvalue weighted by Gasteiger charge is 2.15. The maximum absolute atomic E-state index is 5.21. The lowest BCUT2D eigenvalue weighted by molar-refractivity contribution is 0.313. The van der Waals surface area contributed by atoms with E-state index in [4.69, 9.17) is 9.72 Å². The summed E-state index contributed by atoms with van der Waals surface area (Å²) in [4.78, 5) is 13.0. The van der Waals surface area contributed by atoms with E-state index in [1.807, 2.05) is 24.3 Å². The van der Waals surface area contributed by atoms with Gasteiger partial charge in [-0.2, -0.15) is 0 Å². The van der Waals surface area contributed by atoms with Gasteiger partial charge in [0.1, 0.15) is 11.6 Å². The molecule has 0 radical (unpaired) electrons. The number of aromatic nitrogens is 2. The van der Waals surface area contributed by atoms with Crippen LogP contribution in [0.4, 0.5) is 5.69 Å². The minimum absolute atomic E-state index is 0.854. The van der Waals surface area contributed by atoms with Crippen LogP contribution in [-0.4, -0.2) is 55.2 Å². The number of H-pyrrole nitrogens is 1. The summed E-state index contributed by atoms with van der Waals surface area (Å²) >= 11 is 0. The fourth-order valence-electron chi connectivity index (χ4n) is 3.14. The van der Waals surface area contributed by atoms with Crippen LogP contribution in [0.1, 0.15) is 0 Å². The highest BCUT2D eigenvalue weighted by Crippen LogP contribution is 2.26. The number of hydrogen-bond donors (Lipinski definition) is 1. The molecule has 2 aromatic carbocycles. The topological polar surface area (TPSA) is 44.4 Å². The Morgan fingerprint density at radius 1 is 1.00 bits per heavy atom. The van der Waals surface area contributed by atoms with E-state index < -0.39 is 0 Å². The van der Waals surface area contributed by atoms with Gasteiger partial charge in [0.05, 0.1) is 18.1 Å². The van der Waals surface area contributed by atoms with E-state index >= 15 is 0 Å². The van der Waals surface area contributed by atoms with Crippen molar-refractivity contribution in [3.05, 3.63) is 42.5 Å². The number of benzene rings is 2. The molecule has 1 saturated heterocycles. The summed E-state index contributed by atoms with van der Waals surface area (Å²) in [6.07, 6.45) is 0. The van der Waals surface area contributed by atoms with Crippen molar-refractivity contribution >= 4 is 16.7 Å². The van der Waals surface area contributed by atoms with Gasteiger partial charge >= 0.3 is 0 Å². The van der Waals surface area contributed by atoms with Crippen LogP contribution in [0.3, 0.4) is 0 Å². The quantitative estimate of drug-likeness (QED) is 0.805. The first-order chi connectivity index (χ1) is 11.7. The van der Waals surface area contributed by atoms with Gasteiger partial charge in [-0.15, -0.1) is 0 Å². The van der Waals surface area contributed by atoms with E-state index in [-0.39, 0.29) is 0 Å². The Bertz CT molecular complexity index is 832. The van der Waals surface area contributed by atoms with Crippen LogP contribution in [-0.2, 0) is 0 Å². The maximum Gasteiger partial charge on any atom is 0.138 e. The van der Waals surface area contributed by atoms with Crippen LogP contribution in [0.25, 0.3) is 22.4 Å². The highest BCUT2D eigenvalue weighted by atomic mass is 16.5. The summed E-state index contributed by atoms with van der Waals surface area (Å²) in [7, 11) is 3.85. The number of aromatic amines is 1. The number of hydrogen-bond acceptors (Lipinski definition) is 4. The number of nitrogens with one attached hydrogen (secondary N) is 1. The number of nitrogens with zero attached hydrogens (tertiary/aromatic N) is 3. The largest absolute Gasteiger partial charge is 0.497 e. The summed E-state index contributed by atoms with van der Waals surface area (Å²) in [5.41, 5.74) is 4.41. The predicted octanol–water partition coefficient (Wildman–Crippen LogP) is 2.99. The number of methoxy groups -OCH3 is 1. The van der Waals surface area contributed by atoms with Crippen molar-refractivity contribution in [1.82, 2.24) is 14.9 Å². The molecule has 1 fully saturated rings. The number of ether oxygens (including phenoxy) is 1. The minimum Gasteiger partial charge on any atom is -0.497 e. The Morgan fingerprint density at radius 3 is 2.46 bits per heavy atom. The number of likely N-dealkylation sites (N-methyl/N-ethyl adjacent to an activating group) is 1. The van der Waals surface area contributed by atoms with Crippen LogP contribution in [0.5, 0.6) is 5.75 Å². The predicted molar refractivity (Wildman–Crippen MR) is 97.8 cm³/mol. The number of fused-ring (bicyclic) bond motifs is 1. The molecule has 1 aliphatic rings. The second-order valence-electron chi connectivity index (χ2n) is 6.31. The normalized spacial score (nSPS) is 15.8. The Hall–Kier alpha value is -2.53. The van der Waals surface area contributed by atoms with Gasteiger partial charge in [0.15, 0.2) is 0 Å². The van der Waals surface area contributed by atoms with Crippen molar-refractivity contribution < 1.29 is 4.74 Å². The molecule has 0 atom stereocenters. The lowest BCUT2D eigenvalue weighted by Gasteiger charge is -2.34. The first-order valence-corrected chi connectivity index (χ1v) is 8.30. The van der Waals surface area contributed by atoms with E-state index in [1.54, 1.807) is 7.11 Å². The average Bonchev–Trinajstić information content (AvgIpc) is 3.05. The molecular formula is C19H22N4O. The van der Waals surface area contributed by atoms with Gasteiger partial charge in [-0.05, 0) is 49.5 Å². The average molecular weight is 322 g/mol. The summed E-state index contributed by atoms with van der Waals surface area (Å²) < 4.78 is 5.21. The molecule has 1 N–H and O–H groups in total. The van der Waals surface area contributed by atoms with Crippen molar-refractivity contribution in [2.24, 2.45) is 0 Å². The molecule has 0 spiro atoms. The molecular weight excluding hydrogens is 300 g/mol. The smallest absolute Gasteiger partial charge is 0.138 e. The number of anilines is 1. The third-order valence-corrected chi connectivity index (χ3v) is 4.70. The van der Waals surface area contributed by atoms with Gasteiger partial charge in [0.25, 0.3) is 0 Å². The van der Waals surface area contributed by atoms with Crippen LogP contribution in [0.2, 0.25) is 0 Å². The molecule has 0 amide bonds. The van der Waals surface area contributed by atoms with Crippen molar-refractivity contribution in [1.29, 1.82) is 0 Å². The van der Waals surface area contributed by atoms with E-state index in [0.29, 0.717) is 0 Å². The summed E-state index contributed by atoms with van der Waals surface area (Å²) in [5, 5.41) is 0. The second kappa shape index (κ2) is 6.17. The SMILES string of the molecule is COc1ccc(-c2nc3ccc(N4CCN(C)CC4)cc3[nH]2)cc1. The van der Waals surface area contributed by atoms with Gasteiger partial charge in [-0.3, -0.25) is 0 Å². The van der Waals surface area contributed by atoms with E-state index in [0.717, 1.165) is 54.3 Å². The molecule has 1 aromatic heterocycles. The third-order valence-electron chi connectivity index (χ3n) is 4.70. The Labute approximate surface area is 141 Å². The van der Waals surface area contributed by atoms with E-state index in [2.05, 4.69) is 40.0 Å². The van der Waals surface area contributed by atoms with Gasteiger partial charge in [-0.25, -0.2) is 4.98 Å². The second-order valence-corrected chi connectivity index (χ2v) is 6.31. The van der Waals surface area contributed by atoms with Crippen molar-refractivity contribution in [3.8, 4) is 17.1 Å². The summed E-state index contributed by atoms with van der Waals surface area (Å²) in [6, 6.07) is 14.5. The summed E-state index contributed by atoms with van der Waals surface area (Å²) in [5.74, 6) is 1.75. The number of imidazole rings is 1. The van der Waals surface area contributed by atoms with Crippen molar-refractivity contribution in [2.75, 3.05) is 45.2 Å². The Balaban J connectivity index is 1.63. The number of piperazine rings is 1. The van der Waals surface area contributed by atoms with E-state index in [1.165, 1.54) is 5.69 Å². The highest BCUT2D eigenvalue weighted by molar-refractivity contribution is 5.83. The molecule has 0 unspecified atom stereocenters. The van der Waals surface area contributed by atoms with E-state index in [9.17, 15) is 0 Å². The minimum atomic E-state index is 0.854. The van der Waals surface area contributed by atoms with Gasteiger partial charge in [0.2, 0.25) is 0 Å². The van der Waals surface area contributed by atoms with Crippen LogP contribution in [0, 0.1) is 0 Å². The zero-order chi connectivity index (χ0) is 16.5. The molecule has 0 aliphatic carbocycles. The molecule has 4 rings (SSSR count). The molecule has 0 saturated carbocycles. The molecule has 124 valence electrons. The lowest BCUT2D eigenvalue weighted by Crippen LogP contribution is -2.44. The lowest BCUT2D eigenvalue weighted by atomic mass is 10.2. The number of rotatable bonds is 3. The van der Waals surface area contributed by atoms with Gasteiger partial charge < -0.3 is 19.5 Å². The molecule has 2 heterocycles. The molecule has 0 bridgehead atoms. The first-order valence-electron chi connectivity index (χ1n) is 8.30. The zero-order valence-corrected chi connectivity index (χ0v) is 14.1. The maximum atomic E-state index is 5.21. The van der Waals surface area contributed by atoms with Crippen molar-refractivity contribution in [2.45, 2.75) is 0 Å². The van der Waals surface area contributed by atoms with Crippen LogP contribution >= 0.6 is 0 Å². The van der Waals surface area contributed by atoms with Crippen molar-refractivity contribution in [3.63, 3.8) is 0 Å². The molecule has 5 heteroatoms. The van der Waals surface area contributed by atoms with Crippen LogP contribution in [0.15, 0.2) is 42.5 Å². The third kappa shape index (κ3) is 2.83. The standard InChI is InChI=1S/C19H22N4O/c1-22-9-11-23(12-10-22)15-5-8-17-18(13-15)21-19(20-17)14-3-6-16(24-2)7-4-14/h3-8,13H,9-12H2,1-2H3,(H,20,21). The fourth-order valence-corrected chi connectivity index (χ4v) is 3.14. The molecule has 1 aliphatic heterocycles. The summed E-state index contributed by atoms with van der Waals surface area (Å²) in [6.45, 7) is 4.36. The van der Waals surface area contributed by atoms with Gasteiger partial charge in [0, 0.05) is 37.4 Å². The molecule has 3 aromatic rings. The first kappa shape index (κ1) is 15.0. The van der Waals surface area contributed by atoms with Gasteiger partial charge in [-0.1, -0.05) is 0 Å². The monoisotopic (exact) mass is 322 g/mol. The zero-order valence-electron chi connectivity index (χ0n) is 14.1. The Kier molecular flexibility index (Phi) is 3.86. The molecule has 5 nitrogen and oxygen atoms in total.